The van der Waals surface area contributed by atoms with Crippen LogP contribution in [0.1, 0.15) is 22.3 Å². The summed E-state index contributed by atoms with van der Waals surface area (Å²) in [5, 5.41) is 11.7. The van der Waals surface area contributed by atoms with E-state index in [1.54, 1.807) is 7.11 Å². The number of carboxylic acids is 1. The van der Waals surface area contributed by atoms with Crippen molar-refractivity contribution < 1.29 is 27.8 Å². The van der Waals surface area contributed by atoms with E-state index < -0.39 is 23.3 Å². The highest BCUT2D eigenvalue weighted by molar-refractivity contribution is 5.91. The minimum atomic E-state index is -4.68. The molecule has 0 aliphatic rings. The second-order valence-corrected chi connectivity index (χ2v) is 3.84. The van der Waals surface area contributed by atoms with E-state index >= 15 is 0 Å². The van der Waals surface area contributed by atoms with Crippen molar-refractivity contribution in [3.8, 4) is 0 Å². The first kappa shape index (κ1) is 15.3. The van der Waals surface area contributed by atoms with Gasteiger partial charge in [-0.3, -0.25) is 0 Å². The van der Waals surface area contributed by atoms with Crippen LogP contribution in [-0.2, 0) is 10.9 Å². The van der Waals surface area contributed by atoms with Gasteiger partial charge in [0.2, 0.25) is 0 Å². The highest BCUT2D eigenvalue weighted by atomic mass is 19.4. The maximum absolute atomic E-state index is 12.6. The first-order chi connectivity index (χ1) is 8.86. The van der Waals surface area contributed by atoms with E-state index in [4.69, 9.17) is 9.84 Å². The zero-order valence-corrected chi connectivity index (χ0v) is 10.3. The number of nitrogens with one attached hydrogen (secondary N) is 1. The normalized spacial score (nSPS) is 11.4. The number of aromatic carboxylic acids is 1. The van der Waals surface area contributed by atoms with Gasteiger partial charge in [-0.15, -0.1) is 0 Å². The monoisotopic (exact) mass is 277 g/mol. The zero-order chi connectivity index (χ0) is 14.5. The molecule has 0 aliphatic heterocycles. The number of halogens is 3. The van der Waals surface area contributed by atoms with E-state index in [1.807, 2.05) is 0 Å². The molecule has 0 amide bonds. The molecule has 0 saturated heterocycles. The number of hydrogen-bond acceptors (Lipinski definition) is 3. The van der Waals surface area contributed by atoms with Crippen molar-refractivity contribution in [2.45, 2.75) is 12.6 Å². The average Bonchev–Trinajstić information content (AvgIpc) is 2.33. The number of carboxylic acid groups (broad SMARTS) is 1. The van der Waals surface area contributed by atoms with Gasteiger partial charge in [0.05, 0.1) is 11.1 Å². The number of hydrogen-bond donors (Lipinski definition) is 2. The van der Waals surface area contributed by atoms with Crippen LogP contribution < -0.4 is 5.32 Å². The minimum absolute atomic E-state index is 0.335. The van der Waals surface area contributed by atoms with E-state index in [9.17, 15) is 18.0 Å². The molecular weight excluding hydrogens is 263 g/mol. The summed E-state index contributed by atoms with van der Waals surface area (Å²) < 4.78 is 42.6. The van der Waals surface area contributed by atoms with E-state index in [0.29, 0.717) is 25.3 Å². The predicted octanol–water partition coefficient (Wildman–Crippen LogP) is 2.85. The van der Waals surface area contributed by atoms with Crippen LogP contribution in [-0.4, -0.2) is 31.3 Å². The molecule has 19 heavy (non-hydrogen) atoms. The average molecular weight is 277 g/mol. The Hall–Kier alpha value is -1.76. The fraction of sp³-hybridized carbons (Fsp3) is 0.417. The number of rotatable bonds is 6. The molecule has 0 unspecified atom stereocenters. The SMILES string of the molecule is COCCCNc1ccc(C(F)(F)F)c(C(=O)O)c1. The van der Waals surface area contributed by atoms with E-state index in [1.165, 1.54) is 6.07 Å². The van der Waals surface area contributed by atoms with Crippen molar-refractivity contribution in [2.75, 3.05) is 25.6 Å². The number of benzene rings is 1. The van der Waals surface area contributed by atoms with Gasteiger partial charge in [-0.1, -0.05) is 0 Å². The summed E-state index contributed by atoms with van der Waals surface area (Å²) in [6.07, 6.45) is -4.01. The summed E-state index contributed by atoms with van der Waals surface area (Å²) in [5.41, 5.74) is -1.58. The van der Waals surface area contributed by atoms with Crippen LogP contribution in [0.2, 0.25) is 0 Å². The van der Waals surface area contributed by atoms with Crippen LogP contribution in [0.4, 0.5) is 18.9 Å². The van der Waals surface area contributed by atoms with Crippen molar-refractivity contribution in [3.05, 3.63) is 29.3 Å². The Balaban J connectivity index is 2.88. The fourth-order valence-corrected chi connectivity index (χ4v) is 1.53. The third-order valence-corrected chi connectivity index (χ3v) is 2.41. The van der Waals surface area contributed by atoms with Gasteiger partial charge in [-0.2, -0.15) is 13.2 Å². The summed E-state index contributed by atoms with van der Waals surface area (Å²) >= 11 is 0. The standard InChI is InChI=1S/C12H14F3NO3/c1-19-6-2-5-16-8-3-4-10(12(13,14)15)9(7-8)11(17)18/h3-4,7,16H,2,5-6H2,1H3,(H,17,18). The largest absolute Gasteiger partial charge is 0.478 e. The Kier molecular flexibility index (Phi) is 5.17. The van der Waals surface area contributed by atoms with Crippen molar-refractivity contribution >= 4 is 11.7 Å². The smallest absolute Gasteiger partial charge is 0.417 e. The molecule has 0 radical (unpaired) electrons. The maximum Gasteiger partial charge on any atom is 0.417 e. The Morgan fingerprint density at radius 3 is 2.63 bits per heavy atom. The van der Waals surface area contributed by atoms with E-state index in [-0.39, 0.29) is 0 Å². The molecule has 1 aromatic rings. The zero-order valence-electron chi connectivity index (χ0n) is 10.3. The maximum atomic E-state index is 12.6. The molecule has 1 rings (SSSR count). The molecule has 1 aromatic carbocycles. The molecule has 0 saturated carbocycles. The van der Waals surface area contributed by atoms with Crippen LogP contribution in [0.15, 0.2) is 18.2 Å². The molecule has 0 atom stereocenters. The lowest BCUT2D eigenvalue weighted by Crippen LogP contribution is -2.14. The Bertz CT molecular complexity index is 446. The number of alkyl halides is 3. The second kappa shape index (κ2) is 6.42. The molecule has 0 spiro atoms. The third kappa shape index (κ3) is 4.44. The number of methoxy groups -OCH3 is 1. The molecule has 0 aliphatic carbocycles. The van der Waals surface area contributed by atoms with Crippen LogP contribution >= 0.6 is 0 Å². The third-order valence-electron chi connectivity index (χ3n) is 2.41. The first-order valence-corrected chi connectivity index (χ1v) is 5.53. The van der Waals surface area contributed by atoms with Gasteiger partial charge in [0.25, 0.3) is 0 Å². The van der Waals surface area contributed by atoms with E-state index in [0.717, 1.165) is 12.1 Å². The summed E-state index contributed by atoms with van der Waals surface area (Å²) in [6, 6.07) is 2.96. The molecule has 4 nitrogen and oxygen atoms in total. The number of ether oxygens (including phenoxy) is 1. The highest BCUT2D eigenvalue weighted by Crippen LogP contribution is 2.33. The van der Waals surface area contributed by atoms with Crippen molar-refractivity contribution in [1.29, 1.82) is 0 Å². The summed E-state index contributed by atoms with van der Waals surface area (Å²) in [7, 11) is 1.54. The lowest BCUT2D eigenvalue weighted by molar-refractivity contribution is -0.138. The fourth-order valence-electron chi connectivity index (χ4n) is 1.53. The molecule has 0 bridgehead atoms. The topological polar surface area (TPSA) is 58.6 Å². The molecule has 106 valence electrons. The summed E-state index contributed by atoms with van der Waals surface area (Å²) in [5.74, 6) is -1.60. The Morgan fingerprint density at radius 2 is 2.11 bits per heavy atom. The quantitative estimate of drug-likeness (QED) is 0.785. The summed E-state index contributed by atoms with van der Waals surface area (Å²) in [6.45, 7) is 0.998. The Morgan fingerprint density at radius 1 is 1.42 bits per heavy atom. The molecule has 2 N–H and O–H groups in total. The number of anilines is 1. The van der Waals surface area contributed by atoms with Gasteiger partial charge in [-0.25, -0.2) is 4.79 Å². The van der Waals surface area contributed by atoms with Crippen LogP contribution in [0.3, 0.4) is 0 Å². The van der Waals surface area contributed by atoms with Crippen LogP contribution in [0, 0.1) is 0 Å². The minimum Gasteiger partial charge on any atom is -0.478 e. The van der Waals surface area contributed by atoms with Crippen molar-refractivity contribution in [3.63, 3.8) is 0 Å². The number of carbonyl (C=O) groups is 1. The first-order valence-electron chi connectivity index (χ1n) is 5.53. The van der Waals surface area contributed by atoms with Gasteiger partial charge in [-0.05, 0) is 24.6 Å². The van der Waals surface area contributed by atoms with Crippen molar-refractivity contribution in [2.24, 2.45) is 0 Å². The molecule has 7 heteroatoms. The van der Waals surface area contributed by atoms with Crippen LogP contribution in [0.5, 0.6) is 0 Å². The van der Waals surface area contributed by atoms with Gasteiger partial charge < -0.3 is 15.2 Å². The molecule has 0 fully saturated rings. The Labute approximate surface area is 108 Å². The van der Waals surface area contributed by atoms with Gasteiger partial charge in [0.15, 0.2) is 0 Å². The van der Waals surface area contributed by atoms with E-state index in [2.05, 4.69) is 5.32 Å². The van der Waals surface area contributed by atoms with Gasteiger partial charge in [0.1, 0.15) is 0 Å². The lowest BCUT2D eigenvalue weighted by Gasteiger charge is -2.12. The van der Waals surface area contributed by atoms with Crippen LogP contribution in [0.25, 0.3) is 0 Å². The van der Waals surface area contributed by atoms with Gasteiger partial charge >= 0.3 is 12.1 Å². The second-order valence-electron chi connectivity index (χ2n) is 3.84. The highest BCUT2D eigenvalue weighted by Gasteiger charge is 2.35. The lowest BCUT2D eigenvalue weighted by atomic mass is 10.1. The van der Waals surface area contributed by atoms with Crippen molar-refractivity contribution in [1.82, 2.24) is 0 Å². The molecule has 0 heterocycles. The predicted molar refractivity (Wildman–Crippen MR) is 63.4 cm³/mol. The summed E-state index contributed by atoms with van der Waals surface area (Å²) in [4.78, 5) is 10.8. The molecular formula is C12H14F3NO3. The van der Waals surface area contributed by atoms with Gasteiger partial charge in [0, 0.05) is 25.9 Å². The molecule has 0 aromatic heterocycles.